The Morgan fingerprint density at radius 2 is 0.717 bits per heavy atom. The first kappa shape index (κ1) is 43.7. The maximum atomic E-state index is 10.3. The average Bonchev–Trinajstić information content (AvgIpc) is 2.81. The monoisotopic (exact) mass is 670 g/mol. The molecule has 0 radical (unpaired) electrons. The minimum Gasteiger partial charge on any atom is -0.365 e. The fourth-order valence-electron chi connectivity index (χ4n) is 3.81. The fraction of sp³-hybridized carbons (Fsp3) is 0.810. The molecule has 46 heavy (non-hydrogen) atoms. The smallest absolute Gasteiger partial charge is 0.328 e. The molecule has 25 heteroatoms. The van der Waals surface area contributed by atoms with Gasteiger partial charge in [0.1, 0.15) is 37.3 Å². The summed E-state index contributed by atoms with van der Waals surface area (Å²) in [6.07, 6.45) is -3.13. The van der Waals surface area contributed by atoms with Crippen LogP contribution in [0.25, 0.3) is 0 Å². The molecule has 0 aromatic carbocycles. The Labute approximate surface area is 268 Å². The lowest BCUT2D eigenvalue weighted by Crippen LogP contribution is -2.71. The van der Waals surface area contributed by atoms with Crippen LogP contribution in [0.4, 0.5) is 9.59 Å². The molecular weight excluding hydrogens is 612 g/mol. The number of carbonyl (C=O) groups is 2. The van der Waals surface area contributed by atoms with Crippen LogP contribution in [0.5, 0.6) is 0 Å². The number of urea groups is 2. The summed E-state index contributed by atoms with van der Waals surface area (Å²) in [4.78, 5) is 20.7. The van der Waals surface area contributed by atoms with E-state index in [2.05, 4.69) is 81.0 Å². The van der Waals surface area contributed by atoms with Gasteiger partial charge < -0.3 is 44.0 Å². The third kappa shape index (κ3) is 20.7. The third-order valence-electron chi connectivity index (χ3n) is 5.50. The number of nitrogens with two attached hydrogens (primary N) is 5. The Hall–Kier alpha value is -2.32. The SMILES string of the molecule is C.C=C1NC(=O)NC(=O)N1.CC1NC(N)NC(N)N1.CC1NC(N)NC(N)N1.CC1NC(N)NC(O)N1.CC1NC(O)NC(O)N1. The number of hydrogen-bond acceptors (Lipinski definition) is 22. The van der Waals surface area contributed by atoms with Gasteiger partial charge in [-0.15, -0.1) is 0 Å². The van der Waals surface area contributed by atoms with Crippen molar-refractivity contribution in [2.75, 3.05) is 0 Å². The zero-order valence-corrected chi connectivity index (χ0v) is 25.7. The van der Waals surface area contributed by atoms with Crippen molar-refractivity contribution in [1.82, 2.24) is 79.8 Å². The summed E-state index contributed by atoms with van der Waals surface area (Å²) in [6.45, 7) is 10.9. The molecule has 0 bridgehead atoms. The molecular formula is C21H58N20O5. The molecule has 5 aliphatic rings. The predicted octanol–water partition coefficient (Wildman–Crippen LogP) is -9.39. The van der Waals surface area contributed by atoms with Crippen molar-refractivity contribution < 1.29 is 24.9 Å². The first-order valence-electron chi connectivity index (χ1n) is 13.9. The largest absolute Gasteiger partial charge is 0.365 e. The highest BCUT2D eigenvalue weighted by atomic mass is 16.3. The Morgan fingerprint density at radius 1 is 0.457 bits per heavy atom. The molecule has 5 fully saturated rings. The van der Waals surface area contributed by atoms with Crippen molar-refractivity contribution >= 4 is 12.1 Å². The minimum atomic E-state index is -0.823. The van der Waals surface area contributed by atoms with Crippen molar-refractivity contribution in [2.24, 2.45) is 28.7 Å². The molecule has 28 N–H and O–H groups in total. The van der Waals surface area contributed by atoms with E-state index in [-0.39, 0.29) is 69.4 Å². The predicted molar refractivity (Wildman–Crippen MR) is 169 cm³/mol. The molecule has 9 unspecified atom stereocenters. The topological polar surface area (TPSA) is 405 Å². The number of amides is 4. The van der Waals surface area contributed by atoms with Gasteiger partial charge in [0.05, 0.1) is 24.7 Å². The van der Waals surface area contributed by atoms with Crippen LogP contribution in [0.3, 0.4) is 0 Å². The van der Waals surface area contributed by atoms with Gasteiger partial charge in [0.2, 0.25) is 0 Å². The highest BCUT2D eigenvalue weighted by molar-refractivity contribution is 5.97. The molecule has 0 spiro atoms. The molecule has 0 aromatic heterocycles. The second-order valence-electron chi connectivity index (χ2n) is 9.99. The summed E-state index contributed by atoms with van der Waals surface area (Å²) in [6, 6.07) is -1.10. The maximum absolute atomic E-state index is 10.3. The Bertz CT molecular complexity index is 653. The van der Waals surface area contributed by atoms with Crippen LogP contribution in [0, 0.1) is 0 Å². The van der Waals surface area contributed by atoms with Crippen LogP contribution in [0.15, 0.2) is 12.4 Å². The van der Waals surface area contributed by atoms with Crippen LogP contribution in [-0.2, 0) is 0 Å². The average molecular weight is 671 g/mol. The van der Waals surface area contributed by atoms with Gasteiger partial charge in [0.15, 0.2) is 19.1 Å². The number of carbonyl (C=O) groups excluding carboxylic acids is 2. The van der Waals surface area contributed by atoms with Gasteiger partial charge in [-0.3, -0.25) is 74.4 Å². The number of imide groups is 1. The maximum Gasteiger partial charge on any atom is 0.328 e. The van der Waals surface area contributed by atoms with Gasteiger partial charge >= 0.3 is 12.1 Å². The molecule has 5 aliphatic heterocycles. The summed E-state index contributed by atoms with van der Waals surface area (Å²) in [5, 5.41) is 66.7. The van der Waals surface area contributed by atoms with Crippen LogP contribution in [0.1, 0.15) is 35.1 Å². The third-order valence-corrected chi connectivity index (χ3v) is 5.50. The van der Waals surface area contributed by atoms with E-state index in [1.165, 1.54) is 0 Å². The van der Waals surface area contributed by atoms with E-state index in [4.69, 9.17) is 44.0 Å². The number of aliphatic hydroxyl groups excluding tert-OH is 3. The van der Waals surface area contributed by atoms with Gasteiger partial charge in [-0.05, 0) is 27.7 Å². The van der Waals surface area contributed by atoms with Crippen molar-refractivity contribution in [3.05, 3.63) is 12.4 Å². The van der Waals surface area contributed by atoms with E-state index < -0.39 is 31.1 Å². The Kier molecular flexibility index (Phi) is 21.2. The normalized spacial score (nSPS) is 38.7. The van der Waals surface area contributed by atoms with Gasteiger partial charge in [0, 0.05) is 0 Å². The molecule has 4 amide bonds. The van der Waals surface area contributed by atoms with E-state index in [1.54, 1.807) is 6.92 Å². The molecule has 5 rings (SSSR count). The van der Waals surface area contributed by atoms with E-state index >= 15 is 0 Å². The quantitative estimate of drug-likeness (QED) is 0.114. The first-order valence-corrected chi connectivity index (χ1v) is 13.9. The van der Waals surface area contributed by atoms with Crippen LogP contribution >= 0.6 is 0 Å². The second kappa shape index (κ2) is 22.3. The van der Waals surface area contributed by atoms with Crippen molar-refractivity contribution in [3.8, 4) is 0 Å². The van der Waals surface area contributed by atoms with Crippen LogP contribution < -0.4 is 108 Å². The summed E-state index contributed by atoms with van der Waals surface area (Å²) in [5.74, 6) is 0.198. The molecule has 5 heterocycles. The zero-order valence-electron chi connectivity index (χ0n) is 25.7. The molecule has 0 aliphatic carbocycles. The van der Waals surface area contributed by atoms with Gasteiger partial charge in [0.25, 0.3) is 0 Å². The summed E-state index contributed by atoms with van der Waals surface area (Å²) < 4.78 is 0. The number of nitrogens with one attached hydrogen (secondary N) is 15. The highest BCUT2D eigenvalue weighted by Gasteiger charge is 2.20. The highest BCUT2D eigenvalue weighted by Crippen LogP contribution is 1.88. The van der Waals surface area contributed by atoms with Crippen LogP contribution in [0.2, 0.25) is 0 Å². The standard InChI is InChI=1S/2C4H13N5.C4H12N4O.C4H11N3O2.C4H5N3O2.CH4/c2*1-2-7-3(5)9-4(6)8-2;1-2-6-3(5)8-4(9)7-2;2*1-2-5-3(8)7-4(9)6-2;/h2*2-4,7-9H,5-6H2,1H3;2-4,6-9H,5H2,1H3;2-9H,1H3;1H2,(H3,5,6,7,8,9);1H4. The molecule has 25 nitrogen and oxygen atoms in total. The van der Waals surface area contributed by atoms with E-state index in [9.17, 15) is 9.59 Å². The summed E-state index contributed by atoms with van der Waals surface area (Å²) in [5.41, 5.74) is 27.3. The van der Waals surface area contributed by atoms with E-state index in [0.29, 0.717) is 0 Å². The number of aliphatic hydroxyl groups is 3. The lowest BCUT2D eigenvalue weighted by atomic mass is 10.4. The van der Waals surface area contributed by atoms with Gasteiger partial charge in [-0.1, -0.05) is 14.0 Å². The van der Waals surface area contributed by atoms with Gasteiger partial charge in [-0.25, -0.2) is 14.9 Å². The summed E-state index contributed by atoms with van der Waals surface area (Å²) >= 11 is 0. The molecule has 9 atom stereocenters. The molecule has 5 saturated heterocycles. The van der Waals surface area contributed by atoms with Crippen molar-refractivity contribution in [2.45, 2.75) is 110 Å². The van der Waals surface area contributed by atoms with Crippen molar-refractivity contribution in [1.29, 1.82) is 0 Å². The molecule has 272 valence electrons. The van der Waals surface area contributed by atoms with E-state index in [1.807, 2.05) is 26.1 Å². The Morgan fingerprint density at radius 3 is 0.957 bits per heavy atom. The van der Waals surface area contributed by atoms with Gasteiger partial charge in [-0.2, -0.15) is 0 Å². The minimum absolute atomic E-state index is 0. The molecule has 0 saturated carbocycles. The lowest BCUT2D eigenvalue weighted by molar-refractivity contribution is -0.0439. The van der Waals surface area contributed by atoms with Crippen molar-refractivity contribution in [3.63, 3.8) is 0 Å². The lowest BCUT2D eigenvalue weighted by Gasteiger charge is -2.32. The Balaban J connectivity index is 0.000000547. The second-order valence-corrected chi connectivity index (χ2v) is 9.99. The fourth-order valence-corrected chi connectivity index (χ4v) is 3.81. The number of hydrogen-bond donors (Lipinski definition) is 23. The first-order chi connectivity index (χ1) is 20.9. The van der Waals surface area contributed by atoms with Crippen LogP contribution in [-0.4, -0.2) is 103 Å². The zero-order chi connectivity index (χ0) is 34.3. The molecule has 0 aromatic rings. The number of rotatable bonds is 0. The summed E-state index contributed by atoms with van der Waals surface area (Å²) in [7, 11) is 0. The van der Waals surface area contributed by atoms with E-state index in [0.717, 1.165) is 0 Å².